The summed E-state index contributed by atoms with van der Waals surface area (Å²) < 4.78 is 13.0. The highest BCUT2D eigenvalue weighted by Gasteiger charge is 2.34. The second kappa shape index (κ2) is 5.68. The molecule has 2 amide bonds. The first kappa shape index (κ1) is 15.0. The summed E-state index contributed by atoms with van der Waals surface area (Å²) >= 11 is 0. The average Bonchev–Trinajstić information content (AvgIpc) is 2.80. The van der Waals surface area contributed by atoms with E-state index in [1.807, 2.05) is 32.0 Å². The Balaban J connectivity index is 1.97. The molecule has 0 aromatic heterocycles. The van der Waals surface area contributed by atoms with Gasteiger partial charge in [0, 0.05) is 0 Å². The van der Waals surface area contributed by atoms with Crippen LogP contribution in [0.4, 0.5) is 10.1 Å². The van der Waals surface area contributed by atoms with Gasteiger partial charge in [-0.1, -0.05) is 18.2 Å². The molecule has 23 heavy (non-hydrogen) atoms. The summed E-state index contributed by atoms with van der Waals surface area (Å²) in [7, 11) is 0. The molecule has 1 fully saturated rings. The Labute approximate surface area is 133 Å². The molecule has 2 aromatic carbocycles. The Morgan fingerprint density at radius 3 is 2.43 bits per heavy atom. The SMILES string of the molecule is Cc1cccc(/C=C2/C(=O)NN(c3ccc(F)cc3)C2=O)c1C. The van der Waals surface area contributed by atoms with Crippen molar-refractivity contribution in [1.29, 1.82) is 0 Å². The molecule has 0 aliphatic carbocycles. The van der Waals surface area contributed by atoms with Gasteiger partial charge in [0.15, 0.2) is 0 Å². The van der Waals surface area contributed by atoms with E-state index in [-0.39, 0.29) is 5.57 Å². The number of nitrogens with zero attached hydrogens (tertiary/aromatic N) is 1. The van der Waals surface area contributed by atoms with Crippen LogP contribution in [0.2, 0.25) is 0 Å². The number of hydrazine groups is 1. The van der Waals surface area contributed by atoms with Crippen LogP contribution in [0.5, 0.6) is 0 Å². The van der Waals surface area contributed by atoms with Gasteiger partial charge in [0.1, 0.15) is 11.4 Å². The first-order valence-corrected chi connectivity index (χ1v) is 7.16. The molecule has 1 aliphatic rings. The van der Waals surface area contributed by atoms with Crippen LogP contribution < -0.4 is 10.4 Å². The smallest absolute Gasteiger partial charge is 0.267 e. The number of nitrogens with one attached hydrogen (secondary N) is 1. The van der Waals surface area contributed by atoms with Gasteiger partial charge in [0.2, 0.25) is 0 Å². The predicted octanol–water partition coefficient (Wildman–Crippen LogP) is 2.90. The number of hydrogen-bond donors (Lipinski definition) is 1. The van der Waals surface area contributed by atoms with E-state index in [0.717, 1.165) is 21.7 Å². The van der Waals surface area contributed by atoms with Gasteiger partial charge in [-0.3, -0.25) is 15.0 Å². The van der Waals surface area contributed by atoms with Crippen molar-refractivity contribution in [3.8, 4) is 0 Å². The van der Waals surface area contributed by atoms with E-state index in [9.17, 15) is 14.0 Å². The normalized spacial score (nSPS) is 16.1. The van der Waals surface area contributed by atoms with Gasteiger partial charge < -0.3 is 0 Å². The topological polar surface area (TPSA) is 49.4 Å². The lowest BCUT2D eigenvalue weighted by Gasteiger charge is -2.14. The summed E-state index contributed by atoms with van der Waals surface area (Å²) in [5.74, 6) is -1.33. The van der Waals surface area contributed by atoms with Crippen LogP contribution in [0.3, 0.4) is 0 Å². The Hall–Kier alpha value is -2.95. The van der Waals surface area contributed by atoms with Crippen LogP contribution in [-0.2, 0) is 9.59 Å². The molecule has 1 aliphatic heterocycles. The quantitative estimate of drug-likeness (QED) is 0.685. The van der Waals surface area contributed by atoms with Crippen molar-refractivity contribution in [1.82, 2.24) is 5.43 Å². The highest BCUT2D eigenvalue weighted by Crippen LogP contribution is 2.23. The summed E-state index contributed by atoms with van der Waals surface area (Å²) in [4.78, 5) is 24.6. The van der Waals surface area contributed by atoms with E-state index in [1.165, 1.54) is 24.3 Å². The molecule has 0 bridgehead atoms. The highest BCUT2D eigenvalue weighted by molar-refractivity contribution is 6.31. The van der Waals surface area contributed by atoms with Crippen molar-refractivity contribution in [2.45, 2.75) is 13.8 Å². The molecular weight excluding hydrogens is 295 g/mol. The fraction of sp³-hybridized carbons (Fsp3) is 0.111. The maximum absolute atomic E-state index is 13.0. The minimum absolute atomic E-state index is 0.0584. The molecule has 2 aromatic rings. The number of carbonyl (C=O) groups is 2. The number of hydrogen-bond acceptors (Lipinski definition) is 2. The monoisotopic (exact) mass is 310 g/mol. The van der Waals surface area contributed by atoms with Crippen molar-refractivity contribution >= 4 is 23.6 Å². The van der Waals surface area contributed by atoms with Gasteiger partial charge in [-0.25, -0.2) is 9.40 Å². The molecule has 116 valence electrons. The number of benzene rings is 2. The molecule has 1 heterocycles. The summed E-state index contributed by atoms with van der Waals surface area (Å²) in [6.45, 7) is 3.91. The van der Waals surface area contributed by atoms with E-state index in [4.69, 9.17) is 0 Å². The zero-order valence-electron chi connectivity index (χ0n) is 12.8. The lowest BCUT2D eigenvalue weighted by Crippen LogP contribution is -2.35. The maximum atomic E-state index is 13.0. The van der Waals surface area contributed by atoms with Gasteiger partial charge in [-0.2, -0.15) is 0 Å². The van der Waals surface area contributed by atoms with Crippen LogP contribution in [0, 0.1) is 19.7 Å². The minimum atomic E-state index is -0.472. The van der Waals surface area contributed by atoms with Crippen LogP contribution in [-0.4, -0.2) is 11.8 Å². The largest absolute Gasteiger partial charge is 0.282 e. The van der Waals surface area contributed by atoms with Crippen molar-refractivity contribution in [2.75, 3.05) is 5.01 Å². The highest BCUT2D eigenvalue weighted by atomic mass is 19.1. The predicted molar refractivity (Wildman–Crippen MR) is 85.9 cm³/mol. The fourth-order valence-corrected chi connectivity index (χ4v) is 2.42. The fourth-order valence-electron chi connectivity index (χ4n) is 2.42. The number of amides is 2. The maximum Gasteiger partial charge on any atom is 0.282 e. The molecule has 1 saturated heterocycles. The third-order valence-corrected chi connectivity index (χ3v) is 3.92. The van der Waals surface area contributed by atoms with Crippen LogP contribution in [0.25, 0.3) is 6.08 Å². The van der Waals surface area contributed by atoms with E-state index in [1.54, 1.807) is 6.08 Å². The second-order valence-corrected chi connectivity index (χ2v) is 5.41. The third kappa shape index (κ3) is 2.73. The van der Waals surface area contributed by atoms with Crippen LogP contribution >= 0.6 is 0 Å². The first-order chi connectivity index (χ1) is 11.0. The van der Waals surface area contributed by atoms with Gasteiger partial charge >= 0.3 is 0 Å². The minimum Gasteiger partial charge on any atom is -0.267 e. The van der Waals surface area contributed by atoms with E-state index < -0.39 is 17.6 Å². The first-order valence-electron chi connectivity index (χ1n) is 7.16. The molecule has 1 N–H and O–H groups in total. The Kier molecular flexibility index (Phi) is 3.70. The molecular formula is C18H15FN2O2. The Morgan fingerprint density at radius 1 is 1.04 bits per heavy atom. The molecule has 3 rings (SSSR count). The number of halogens is 1. The van der Waals surface area contributed by atoms with Crippen molar-refractivity contribution < 1.29 is 14.0 Å². The Morgan fingerprint density at radius 2 is 1.74 bits per heavy atom. The van der Waals surface area contributed by atoms with Gasteiger partial charge in [-0.05, 0) is 60.9 Å². The van der Waals surface area contributed by atoms with Gasteiger partial charge in [-0.15, -0.1) is 0 Å². The molecule has 0 radical (unpaired) electrons. The van der Waals surface area contributed by atoms with Crippen LogP contribution in [0.15, 0.2) is 48.0 Å². The third-order valence-electron chi connectivity index (χ3n) is 3.92. The van der Waals surface area contributed by atoms with Gasteiger partial charge in [0.25, 0.3) is 11.8 Å². The lowest BCUT2D eigenvalue weighted by molar-refractivity contribution is -0.117. The molecule has 0 unspecified atom stereocenters. The van der Waals surface area contributed by atoms with Crippen molar-refractivity contribution in [2.24, 2.45) is 0 Å². The van der Waals surface area contributed by atoms with E-state index in [0.29, 0.717) is 5.69 Å². The number of aryl methyl sites for hydroxylation is 1. The number of anilines is 1. The number of carbonyl (C=O) groups excluding carboxylic acids is 2. The average molecular weight is 310 g/mol. The second-order valence-electron chi connectivity index (χ2n) is 5.41. The molecule has 4 nitrogen and oxygen atoms in total. The molecule has 0 atom stereocenters. The lowest BCUT2D eigenvalue weighted by atomic mass is 10.0. The zero-order valence-corrected chi connectivity index (χ0v) is 12.8. The molecule has 0 spiro atoms. The van der Waals surface area contributed by atoms with Gasteiger partial charge in [0.05, 0.1) is 5.69 Å². The summed E-state index contributed by atoms with van der Waals surface area (Å²) in [6, 6.07) is 11.1. The molecule has 0 saturated carbocycles. The van der Waals surface area contributed by atoms with Crippen molar-refractivity contribution in [3.63, 3.8) is 0 Å². The summed E-state index contributed by atoms with van der Waals surface area (Å²) in [6.07, 6.45) is 1.59. The van der Waals surface area contributed by atoms with Crippen molar-refractivity contribution in [3.05, 3.63) is 70.5 Å². The molecule has 5 heteroatoms. The summed E-state index contributed by atoms with van der Waals surface area (Å²) in [5.41, 5.74) is 5.89. The number of rotatable bonds is 2. The summed E-state index contributed by atoms with van der Waals surface area (Å²) in [5, 5.41) is 1.12. The zero-order chi connectivity index (χ0) is 16.6. The standard InChI is InChI=1S/C18H15FN2O2/c1-11-4-3-5-13(12(11)2)10-16-17(22)20-21(18(16)23)15-8-6-14(19)7-9-15/h3-10H,1-2H3,(H,20,22)/b16-10-. The van der Waals surface area contributed by atoms with Crippen LogP contribution in [0.1, 0.15) is 16.7 Å². The van der Waals surface area contributed by atoms with E-state index >= 15 is 0 Å². The Bertz CT molecular complexity index is 825. The van der Waals surface area contributed by atoms with E-state index in [2.05, 4.69) is 5.43 Å².